The number of hydrogen-bond donors (Lipinski definition) is 1. The average Bonchev–Trinajstić information content (AvgIpc) is 3.02. The number of carbonyl (C=O) groups is 2. The Bertz CT molecular complexity index is 711. The van der Waals surface area contributed by atoms with E-state index in [0.717, 1.165) is 64.2 Å². The molecule has 0 saturated carbocycles. The maximum atomic E-state index is 11.9. The number of rotatable bonds is 33. The first-order valence-corrected chi connectivity index (χ1v) is 18.5. The van der Waals surface area contributed by atoms with Gasteiger partial charge in [-0.1, -0.05) is 153 Å². The molecule has 0 aliphatic heterocycles. The van der Waals surface area contributed by atoms with E-state index in [1.54, 1.807) is 0 Å². The molecule has 0 aromatic heterocycles. The molecule has 0 rings (SSSR count). The Kier molecular flexibility index (Phi) is 34.1. The second kappa shape index (κ2) is 35.6. The van der Waals surface area contributed by atoms with Crippen LogP contribution in [0.25, 0.3) is 0 Å². The quantitative estimate of drug-likeness (QED) is 0.0450. The number of carbonyl (C=O) groups excluding carboxylic acids is 2. The first-order valence-electron chi connectivity index (χ1n) is 18.5. The van der Waals surface area contributed by atoms with E-state index >= 15 is 0 Å². The fourth-order valence-electron chi connectivity index (χ4n) is 5.03. The van der Waals surface area contributed by atoms with Crippen molar-refractivity contribution in [3.63, 3.8) is 0 Å². The average molecular weight is 619 g/mol. The summed E-state index contributed by atoms with van der Waals surface area (Å²) < 4.78 is 10.3. The lowest BCUT2D eigenvalue weighted by Gasteiger charge is -2.12. The number of aliphatic hydroxyl groups is 1. The fourth-order valence-corrected chi connectivity index (χ4v) is 5.03. The number of ether oxygens (including phenoxy) is 2. The topological polar surface area (TPSA) is 72.8 Å². The molecule has 0 heterocycles. The number of hydrogen-bond acceptors (Lipinski definition) is 5. The van der Waals surface area contributed by atoms with Gasteiger partial charge in [0.15, 0.2) is 0 Å². The van der Waals surface area contributed by atoms with Gasteiger partial charge in [-0.25, -0.2) is 0 Å². The fraction of sp³-hybridized carbons (Fsp3) is 0.795. The van der Waals surface area contributed by atoms with Crippen LogP contribution in [0.15, 0.2) is 36.5 Å². The van der Waals surface area contributed by atoms with Crippen molar-refractivity contribution in [2.24, 2.45) is 0 Å². The van der Waals surface area contributed by atoms with Crippen molar-refractivity contribution in [3.8, 4) is 0 Å². The lowest BCUT2D eigenvalue weighted by atomic mass is 10.0. The predicted octanol–water partition coefficient (Wildman–Crippen LogP) is 11.3. The van der Waals surface area contributed by atoms with E-state index in [9.17, 15) is 14.7 Å². The molecule has 0 bridgehead atoms. The van der Waals surface area contributed by atoms with Crippen molar-refractivity contribution >= 4 is 11.9 Å². The van der Waals surface area contributed by atoms with Crippen LogP contribution < -0.4 is 0 Å². The van der Waals surface area contributed by atoms with Gasteiger partial charge in [-0.15, -0.1) is 0 Å². The third kappa shape index (κ3) is 34.6. The smallest absolute Gasteiger partial charge is 0.305 e. The van der Waals surface area contributed by atoms with E-state index in [1.807, 2.05) is 0 Å². The van der Waals surface area contributed by atoms with Crippen LogP contribution in [-0.2, 0) is 19.1 Å². The molecule has 0 aromatic carbocycles. The van der Waals surface area contributed by atoms with E-state index < -0.39 is 6.10 Å². The molecule has 5 heteroatoms. The Morgan fingerprint density at radius 2 is 0.795 bits per heavy atom. The van der Waals surface area contributed by atoms with Gasteiger partial charge >= 0.3 is 11.9 Å². The first-order chi connectivity index (χ1) is 21.6. The van der Waals surface area contributed by atoms with Gasteiger partial charge < -0.3 is 14.6 Å². The lowest BCUT2D eigenvalue weighted by Crippen LogP contribution is -2.25. The highest BCUT2D eigenvalue weighted by Gasteiger charge is 2.12. The molecule has 5 nitrogen and oxygen atoms in total. The van der Waals surface area contributed by atoms with Gasteiger partial charge in [0, 0.05) is 12.8 Å². The van der Waals surface area contributed by atoms with Gasteiger partial charge in [0.25, 0.3) is 0 Å². The summed E-state index contributed by atoms with van der Waals surface area (Å²) in [5.74, 6) is -0.587. The molecule has 44 heavy (non-hydrogen) atoms. The molecule has 1 N–H and O–H groups in total. The van der Waals surface area contributed by atoms with Crippen LogP contribution in [0.3, 0.4) is 0 Å². The predicted molar refractivity (Wildman–Crippen MR) is 187 cm³/mol. The molecule has 0 spiro atoms. The Morgan fingerprint density at radius 1 is 0.477 bits per heavy atom. The Hall–Kier alpha value is -1.88. The van der Waals surface area contributed by atoms with Crippen LogP contribution in [0.4, 0.5) is 0 Å². The van der Waals surface area contributed by atoms with Gasteiger partial charge in [0.1, 0.15) is 19.3 Å². The van der Waals surface area contributed by atoms with E-state index in [2.05, 4.69) is 50.3 Å². The monoisotopic (exact) mass is 619 g/mol. The highest BCUT2D eigenvalue weighted by Crippen LogP contribution is 2.13. The van der Waals surface area contributed by atoms with Crippen molar-refractivity contribution < 1.29 is 24.2 Å². The summed E-state index contributed by atoms with van der Waals surface area (Å²) in [5, 5.41) is 9.98. The molecular weight excluding hydrogens is 548 g/mol. The van der Waals surface area contributed by atoms with Crippen molar-refractivity contribution in [3.05, 3.63) is 36.5 Å². The summed E-state index contributed by atoms with van der Waals surface area (Å²) in [5.41, 5.74) is 0. The summed E-state index contributed by atoms with van der Waals surface area (Å²) in [6.45, 7) is 4.25. The van der Waals surface area contributed by atoms with Gasteiger partial charge in [-0.2, -0.15) is 0 Å². The third-order valence-electron chi connectivity index (χ3n) is 7.88. The Labute approximate surface area is 272 Å². The Balaban J connectivity index is 3.49. The van der Waals surface area contributed by atoms with E-state index in [4.69, 9.17) is 9.47 Å². The third-order valence-corrected chi connectivity index (χ3v) is 7.88. The minimum Gasteiger partial charge on any atom is -0.463 e. The zero-order valence-electron chi connectivity index (χ0n) is 28.9. The van der Waals surface area contributed by atoms with Crippen molar-refractivity contribution in [2.75, 3.05) is 13.2 Å². The zero-order chi connectivity index (χ0) is 32.2. The minimum atomic E-state index is -0.969. The molecular formula is C39H70O5. The van der Waals surface area contributed by atoms with Crippen LogP contribution in [-0.4, -0.2) is 36.4 Å². The molecule has 0 unspecified atom stereocenters. The van der Waals surface area contributed by atoms with Crippen LogP contribution in [0, 0.1) is 0 Å². The SMILES string of the molecule is CCCCC/C=C\C/C=C\C/C=C\CCCCCCC(=O)OC[C@H](O)COC(=O)CCCCCCCCCCCCCCC. The number of allylic oxidation sites excluding steroid dienone is 6. The van der Waals surface area contributed by atoms with Crippen molar-refractivity contribution in [2.45, 2.75) is 187 Å². The second-order valence-corrected chi connectivity index (χ2v) is 12.3. The molecule has 0 aromatic rings. The molecule has 0 fully saturated rings. The van der Waals surface area contributed by atoms with Gasteiger partial charge in [0.2, 0.25) is 0 Å². The summed E-state index contributed by atoms with van der Waals surface area (Å²) >= 11 is 0. The highest BCUT2D eigenvalue weighted by molar-refractivity contribution is 5.69. The van der Waals surface area contributed by atoms with Crippen molar-refractivity contribution in [1.82, 2.24) is 0 Å². The Morgan fingerprint density at radius 3 is 1.23 bits per heavy atom. The first kappa shape index (κ1) is 42.1. The van der Waals surface area contributed by atoms with Crippen molar-refractivity contribution in [1.29, 1.82) is 0 Å². The summed E-state index contributed by atoms with van der Waals surface area (Å²) in [6.07, 6.45) is 41.9. The van der Waals surface area contributed by atoms with Crippen LogP contribution >= 0.6 is 0 Å². The normalized spacial score (nSPS) is 12.5. The molecule has 1 atom stereocenters. The lowest BCUT2D eigenvalue weighted by molar-refractivity contribution is -0.152. The summed E-state index contributed by atoms with van der Waals surface area (Å²) in [6, 6.07) is 0. The minimum absolute atomic E-state index is 0.121. The standard InChI is InChI=1S/C39H70O5/c1-3-5-7-9-11-13-15-17-18-19-20-22-24-26-28-30-32-34-39(42)44-36-37(40)35-43-38(41)33-31-29-27-25-23-21-16-14-12-10-8-6-4-2/h11,13,17-18,20,22,37,40H,3-10,12,14-16,19,21,23-36H2,1-2H3/b13-11-,18-17-,22-20-/t37-/m1/s1. The highest BCUT2D eigenvalue weighted by atomic mass is 16.6. The maximum absolute atomic E-state index is 11.9. The molecule has 256 valence electrons. The van der Waals surface area contributed by atoms with Gasteiger partial charge in [-0.3, -0.25) is 9.59 Å². The van der Waals surface area contributed by atoms with Gasteiger partial charge in [-0.05, 0) is 51.4 Å². The van der Waals surface area contributed by atoms with Crippen LogP contribution in [0.2, 0.25) is 0 Å². The molecule has 0 saturated heterocycles. The van der Waals surface area contributed by atoms with Gasteiger partial charge in [0.05, 0.1) is 0 Å². The maximum Gasteiger partial charge on any atom is 0.305 e. The number of esters is 2. The summed E-state index contributed by atoms with van der Waals surface area (Å²) in [4.78, 5) is 23.9. The van der Waals surface area contributed by atoms with E-state index in [1.165, 1.54) is 89.9 Å². The number of aliphatic hydroxyl groups excluding tert-OH is 1. The molecule has 0 aliphatic rings. The van der Waals surface area contributed by atoms with E-state index in [0.29, 0.717) is 12.8 Å². The van der Waals surface area contributed by atoms with Crippen LogP contribution in [0.1, 0.15) is 181 Å². The zero-order valence-corrected chi connectivity index (χ0v) is 28.9. The van der Waals surface area contributed by atoms with E-state index in [-0.39, 0.29) is 25.2 Å². The van der Waals surface area contributed by atoms with Crippen LogP contribution in [0.5, 0.6) is 0 Å². The molecule has 0 aliphatic carbocycles. The second-order valence-electron chi connectivity index (χ2n) is 12.3. The summed E-state index contributed by atoms with van der Waals surface area (Å²) in [7, 11) is 0. The number of unbranched alkanes of at least 4 members (excludes halogenated alkanes) is 19. The molecule has 0 amide bonds. The molecule has 0 radical (unpaired) electrons. The largest absolute Gasteiger partial charge is 0.463 e.